The number of para-hydroxylation sites is 1. The standard InChI is InChI=1S/C19H19NO4/c1-23-15-7-5-6-13(10-15)16-8-3-4-9-17(16)20-12-14(11-18(20)21)19(22)24-2/h3-10,14H,11-12H2,1-2H3. The lowest BCUT2D eigenvalue weighted by atomic mass is 10.0. The van der Waals surface area contributed by atoms with Crippen LogP contribution in [0.15, 0.2) is 48.5 Å². The fraction of sp³-hybridized carbons (Fsp3) is 0.263. The van der Waals surface area contributed by atoms with Gasteiger partial charge in [-0.3, -0.25) is 9.59 Å². The summed E-state index contributed by atoms with van der Waals surface area (Å²) in [6.45, 7) is 0.340. The summed E-state index contributed by atoms with van der Waals surface area (Å²) in [6.07, 6.45) is 0.180. The minimum atomic E-state index is -0.416. The summed E-state index contributed by atoms with van der Waals surface area (Å²) < 4.78 is 10.1. The summed E-state index contributed by atoms with van der Waals surface area (Å²) in [5.41, 5.74) is 2.68. The zero-order valence-electron chi connectivity index (χ0n) is 13.7. The highest BCUT2D eigenvalue weighted by Gasteiger charge is 2.36. The van der Waals surface area contributed by atoms with Gasteiger partial charge in [0, 0.05) is 18.5 Å². The molecule has 124 valence electrons. The molecular weight excluding hydrogens is 306 g/mol. The third-order valence-corrected chi connectivity index (χ3v) is 4.24. The van der Waals surface area contributed by atoms with E-state index in [0.717, 1.165) is 22.6 Å². The Balaban J connectivity index is 1.98. The number of rotatable bonds is 4. The summed E-state index contributed by atoms with van der Waals surface area (Å²) in [5, 5.41) is 0. The Kier molecular flexibility index (Phi) is 4.51. The van der Waals surface area contributed by atoms with E-state index in [-0.39, 0.29) is 18.3 Å². The SMILES string of the molecule is COC(=O)C1CC(=O)N(c2ccccc2-c2cccc(OC)c2)C1. The highest BCUT2D eigenvalue weighted by Crippen LogP contribution is 2.35. The molecule has 2 aromatic carbocycles. The van der Waals surface area contributed by atoms with E-state index in [2.05, 4.69) is 0 Å². The third-order valence-electron chi connectivity index (χ3n) is 4.24. The lowest BCUT2D eigenvalue weighted by Gasteiger charge is -2.20. The number of amides is 1. The Morgan fingerprint density at radius 1 is 1.12 bits per heavy atom. The van der Waals surface area contributed by atoms with Crippen LogP contribution in [0.25, 0.3) is 11.1 Å². The van der Waals surface area contributed by atoms with Crippen LogP contribution in [-0.2, 0) is 14.3 Å². The van der Waals surface area contributed by atoms with Crippen molar-refractivity contribution < 1.29 is 19.1 Å². The van der Waals surface area contributed by atoms with Crippen LogP contribution < -0.4 is 9.64 Å². The van der Waals surface area contributed by atoms with Crippen molar-refractivity contribution in [2.75, 3.05) is 25.7 Å². The topological polar surface area (TPSA) is 55.8 Å². The number of anilines is 1. The maximum Gasteiger partial charge on any atom is 0.311 e. The first-order chi connectivity index (χ1) is 11.6. The van der Waals surface area contributed by atoms with Crippen LogP contribution in [-0.4, -0.2) is 32.6 Å². The second kappa shape index (κ2) is 6.74. The fourth-order valence-electron chi connectivity index (χ4n) is 3.01. The number of ether oxygens (including phenoxy) is 2. The van der Waals surface area contributed by atoms with Gasteiger partial charge in [0.15, 0.2) is 0 Å². The Bertz CT molecular complexity index is 771. The molecule has 0 bridgehead atoms. The van der Waals surface area contributed by atoms with Gasteiger partial charge in [-0.1, -0.05) is 30.3 Å². The first kappa shape index (κ1) is 16.1. The van der Waals surface area contributed by atoms with Gasteiger partial charge in [-0.05, 0) is 23.8 Å². The van der Waals surface area contributed by atoms with Crippen molar-refractivity contribution in [3.63, 3.8) is 0 Å². The van der Waals surface area contributed by atoms with Crippen LogP contribution in [0.2, 0.25) is 0 Å². The van der Waals surface area contributed by atoms with Crippen molar-refractivity contribution in [2.24, 2.45) is 5.92 Å². The molecule has 0 spiro atoms. The van der Waals surface area contributed by atoms with E-state index < -0.39 is 5.92 Å². The van der Waals surface area contributed by atoms with Gasteiger partial charge in [0.2, 0.25) is 5.91 Å². The van der Waals surface area contributed by atoms with Crippen molar-refractivity contribution in [2.45, 2.75) is 6.42 Å². The maximum atomic E-state index is 12.4. The van der Waals surface area contributed by atoms with Gasteiger partial charge < -0.3 is 14.4 Å². The number of carbonyl (C=O) groups is 2. The van der Waals surface area contributed by atoms with Crippen molar-refractivity contribution in [1.29, 1.82) is 0 Å². The normalized spacial score (nSPS) is 17.0. The van der Waals surface area contributed by atoms with Gasteiger partial charge in [-0.15, -0.1) is 0 Å². The predicted octanol–water partition coefficient (Wildman–Crippen LogP) is 2.89. The van der Waals surface area contributed by atoms with Crippen LogP contribution in [0.4, 0.5) is 5.69 Å². The second-order valence-electron chi connectivity index (χ2n) is 5.68. The second-order valence-corrected chi connectivity index (χ2v) is 5.68. The summed E-state index contributed by atoms with van der Waals surface area (Å²) in [7, 11) is 2.97. The van der Waals surface area contributed by atoms with Gasteiger partial charge >= 0.3 is 5.97 Å². The van der Waals surface area contributed by atoms with E-state index in [4.69, 9.17) is 9.47 Å². The van der Waals surface area contributed by atoms with E-state index in [0.29, 0.717) is 6.54 Å². The summed E-state index contributed by atoms with van der Waals surface area (Å²) in [5.74, 6) is -0.0752. The first-order valence-corrected chi connectivity index (χ1v) is 7.75. The predicted molar refractivity (Wildman–Crippen MR) is 90.9 cm³/mol. The van der Waals surface area contributed by atoms with E-state index >= 15 is 0 Å². The lowest BCUT2D eigenvalue weighted by Crippen LogP contribution is -2.26. The van der Waals surface area contributed by atoms with Crippen LogP contribution in [0, 0.1) is 5.92 Å². The van der Waals surface area contributed by atoms with Crippen molar-refractivity contribution in [1.82, 2.24) is 0 Å². The van der Waals surface area contributed by atoms with E-state index in [1.807, 2.05) is 48.5 Å². The number of hydrogen-bond acceptors (Lipinski definition) is 4. The van der Waals surface area contributed by atoms with Gasteiger partial charge in [0.25, 0.3) is 0 Å². The highest BCUT2D eigenvalue weighted by atomic mass is 16.5. The van der Waals surface area contributed by atoms with Crippen molar-refractivity contribution >= 4 is 17.6 Å². The molecule has 3 rings (SSSR count). The minimum Gasteiger partial charge on any atom is -0.497 e. The van der Waals surface area contributed by atoms with Gasteiger partial charge in [0.05, 0.1) is 25.8 Å². The molecular formula is C19H19NO4. The molecule has 1 aliphatic rings. The quantitative estimate of drug-likeness (QED) is 0.811. The molecule has 0 aliphatic carbocycles. The molecule has 5 nitrogen and oxygen atoms in total. The monoisotopic (exact) mass is 325 g/mol. The number of esters is 1. The molecule has 1 atom stereocenters. The van der Waals surface area contributed by atoms with E-state index in [1.54, 1.807) is 12.0 Å². The molecule has 2 aromatic rings. The van der Waals surface area contributed by atoms with Crippen LogP contribution >= 0.6 is 0 Å². The highest BCUT2D eigenvalue weighted by molar-refractivity contribution is 6.02. The smallest absolute Gasteiger partial charge is 0.311 e. The lowest BCUT2D eigenvalue weighted by molar-refractivity contribution is -0.145. The summed E-state index contributed by atoms with van der Waals surface area (Å²) >= 11 is 0. The van der Waals surface area contributed by atoms with Crippen molar-refractivity contribution in [3.05, 3.63) is 48.5 Å². The molecule has 1 unspecified atom stereocenters. The molecule has 24 heavy (non-hydrogen) atoms. The fourth-order valence-corrected chi connectivity index (χ4v) is 3.01. The average Bonchev–Trinajstić information content (AvgIpc) is 3.02. The molecule has 0 N–H and O–H groups in total. The molecule has 0 aromatic heterocycles. The number of benzene rings is 2. The summed E-state index contributed by atoms with van der Waals surface area (Å²) in [6, 6.07) is 15.4. The summed E-state index contributed by atoms with van der Waals surface area (Å²) in [4.78, 5) is 25.8. The Hall–Kier alpha value is -2.82. The van der Waals surface area contributed by atoms with Crippen LogP contribution in [0.3, 0.4) is 0 Å². The van der Waals surface area contributed by atoms with Crippen LogP contribution in [0.1, 0.15) is 6.42 Å². The van der Waals surface area contributed by atoms with Gasteiger partial charge in [-0.2, -0.15) is 0 Å². The minimum absolute atomic E-state index is 0.0688. The van der Waals surface area contributed by atoms with Crippen molar-refractivity contribution in [3.8, 4) is 16.9 Å². The Morgan fingerprint density at radius 2 is 1.92 bits per heavy atom. The van der Waals surface area contributed by atoms with E-state index in [1.165, 1.54) is 7.11 Å². The van der Waals surface area contributed by atoms with E-state index in [9.17, 15) is 9.59 Å². The number of methoxy groups -OCH3 is 2. The molecule has 1 heterocycles. The van der Waals surface area contributed by atoms with Gasteiger partial charge in [0.1, 0.15) is 5.75 Å². The molecule has 0 saturated carbocycles. The zero-order chi connectivity index (χ0) is 17.1. The molecule has 1 fully saturated rings. The average molecular weight is 325 g/mol. The number of nitrogens with zero attached hydrogens (tertiary/aromatic N) is 1. The maximum absolute atomic E-state index is 12.4. The Morgan fingerprint density at radius 3 is 2.67 bits per heavy atom. The molecule has 1 saturated heterocycles. The van der Waals surface area contributed by atoms with Crippen LogP contribution in [0.5, 0.6) is 5.75 Å². The third kappa shape index (κ3) is 2.97. The molecule has 5 heteroatoms. The number of hydrogen-bond donors (Lipinski definition) is 0. The Labute approximate surface area is 140 Å². The molecule has 1 aliphatic heterocycles. The van der Waals surface area contributed by atoms with Gasteiger partial charge in [-0.25, -0.2) is 0 Å². The molecule has 0 radical (unpaired) electrons. The zero-order valence-corrected chi connectivity index (χ0v) is 13.7. The molecule has 1 amide bonds. The number of carbonyl (C=O) groups excluding carboxylic acids is 2. The largest absolute Gasteiger partial charge is 0.497 e. The first-order valence-electron chi connectivity index (χ1n) is 7.75.